The minimum absolute atomic E-state index is 0.0160. The summed E-state index contributed by atoms with van der Waals surface area (Å²) in [5.41, 5.74) is 3.91. The summed E-state index contributed by atoms with van der Waals surface area (Å²) < 4.78 is 4.49. The van der Waals surface area contributed by atoms with E-state index in [1.54, 1.807) is 6.08 Å². The second-order valence-corrected chi connectivity index (χ2v) is 5.55. The van der Waals surface area contributed by atoms with Crippen LogP contribution in [-0.4, -0.2) is 25.5 Å². The van der Waals surface area contributed by atoms with Crippen molar-refractivity contribution in [3.8, 4) is 0 Å². The Bertz CT molecular complexity index is 563. The number of carbonyl (C=O) groups is 2. The monoisotopic (exact) mass is 301 g/mol. The van der Waals surface area contributed by atoms with E-state index < -0.39 is 0 Å². The van der Waals surface area contributed by atoms with E-state index in [2.05, 4.69) is 28.3 Å². The zero-order valence-corrected chi connectivity index (χ0v) is 13.1. The van der Waals surface area contributed by atoms with Gasteiger partial charge in [-0.25, -0.2) is 4.79 Å². The first kappa shape index (κ1) is 16.3. The Morgan fingerprint density at radius 2 is 2.00 bits per heavy atom. The van der Waals surface area contributed by atoms with Crippen LogP contribution in [0.2, 0.25) is 0 Å². The van der Waals surface area contributed by atoms with Gasteiger partial charge in [-0.05, 0) is 48.8 Å². The van der Waals surface area contributed by atoms with E-state index in [1.807, 2.05) is 0 Å². The number of esters is 1. The molecule has 1 aromatic rings. The van der Waals surface area contributed by atoms with Crippen molar-refractivity contribution in [2.45, 2.75) is 38.5 Å². The number of fused-ring (bicyclic) bond motifs is 1. The summed E-state index contributed by atoms with van der Waals surface area (Å²) in [4.78, 5) is 22.8. The van der Waals surface area contributed by atoms with Crippen molar-refractivity contribution in [1.29, 1.82) is 0 Å². The number of ether oxygens (including phenoxy) is 1. The molecular formula is C18H23NO3. The van der Waals surface area contributed by atoms with Crippen molar-refractivity contribution in [2.75, 3.05) is 13.7 Å². The van der Waals surface area contributed by atoms with Gasteiger partial charge in [0.25, 0.3) is 0 Å². The number of methoxy groups -OCH3 is 1. The molecule has 1 aliphatic rings. The summed E-state index contributed by atoms with van der Waals surface area (Å²) in [5, 5.41) is 2.86. The lowest BCUT2D eigenvalue weighted by Crippen LogP contribution is -2.26. The van der Waals surface area contributed by atoms with Crippen LogP contribution in [0.15, 0.2) is 30.4 Å². The summed E-state index contributed by atoms with van der Waals surface area (Å²) in [7, 11) is 1.34. The molecule has 1 amide bonds. The van der Waals surface area contributed by atoms with Crippen LogP contribution in [0.3, 0.4) is 0 Å². The molecule has 0 spiro atoms. The molecule has 0 aliphatic heterocycles. The van der Waals surface area contributed by atoms with Crippen molar-refractivity contribution in [1.82, 2.24) is 5.32 Å². The fourth-order valence-electron chi connectivity index (χ4n) is 2.69. The van der Waals surface area contributed by atoms with Gasteiger partial charge >= 0.3 is 5.97 Å². The normalized spacial score (nSPS) is 13.7. The van der Waals surface area contributed by atoms with E-state index in [0.29, 0.717) is 19.4 Å². The summed E-state index contributed by atoms with van der Waals surface area (Å²) in [6.07, 6.45) is 8.90. The molecule has 0 aromatic heterocycles. The highest BCUT2D eigenvalue weighted by Crippen LogP contribution is 2.22. The predicted octanol–water partition coefficient (Wildman–Crippen LogP) is 2.34. The summed E-state index contributed by atoms with van der Waals surface area (Å²) >= 11 is 0. The van der Waals surface area contributed by atoms with Crippen molar-refractivity contribution in [3.63, 3.8) is 0 Å². The highest BCUT2D eigenvalue weighted by atomic mass is 16.5. The molecule has 1 aromatic carbocycles. The van der Waals surface area contributed by atoms with Crippen LogP contribution in [0, 0.1) is 0 Å². The second kappa shape index (κ2) is 8.37. The maximum atomic E-state index is 11.9. The average molecular weight is 301 g/mol. The lowest BCUT2D eigenvalue weighted by Gasteiger charge is -2.16. The number of hydrogen-bond acceptors (Lipinski definition) is 3. The Morgan fingerprint density at radius 3 is 2.77 bits per heavy atom. The molecule has 0 heterocycles. The fourth-order valence-corrected chi connectivity index (χ4v) is 2.69. The predicted molar refractivity (Wildman–Crippen MR) is 85.6 cm³/mol. The summed E-state index contributed by atoms with van der Waals surface area (Å²) in [5.74, 6) is -0.359. The number of carbonyl (C=O) groups excluding carboxylic acids is 2. The van der Waals surface area contributed by atoms with E-state index in [4.69, 9.17) is 0 Å². The molecule has 0 bridgehead atoms. The largest absolute Gasteiger partial charge is 0.466 e. The molecule has 4 nitrogen and oxygen atoms in total. The number of nitrogens with one attached hydrogen (secondary N) is 1. The van der Waals surface area contributed by atoms with Crippen LogP contribution in [0.5, 0.6) is 0 Å². The molecule has 1 N–H and O–H groups in total. The fraction of sp³-hybridized carbons (Fsp3) is 0.444. The van der Waals surface area contributed by atoms with Crippen LogP contribution in [0.25, 0.3) is 0 Å². The van der Waals surface area contributed by atoms with Crippen LogP contribution in [0.1, 0.15) is 36.0 Å². The highest BCUT2D eigenvalue weighted by Gasteiger charge is 2.10. The number of amides is 1. The Labute approximate surface area is 131 Å². The molecule has 4 heteroatoms. The number of rotatable bonds is 6. The Balaban J connectivity index is 1.75. The molecular weight excluding hydrogens is 278 g/mol. The maximum Gasteiger partial charge on any atom is 0.330 e. The zero-order chi connectivity index (χ0) is 15.8. The number of aryl methyl sites for hydroxylation is 2. The van der Waals surface area contributed by atoms with E-state index in [-0.39, 0.29) is 11.9 Å². The standard InChI is InChI=1S/C18H23NO3/c1-22-18(21)8-4-5-11-19-17(20)13-14-9-10-15-6-2-3-7-16(15)12-14/h4,8-10,12H,2-3,5-7,11,13H2,1H3,(H,19,20)/b8-4+. The van der Waals surface area contributed by atoms with Crippen LogP contribution in [0.4, 0.5) is 0 Å². The summed E-state index contributed by atoms with van der Waals surface area (Å²) in [6.45, 7) is 0.525. The molecule has 118 valence electrons. The Kier molecular flexibility index (Phi) is 6.19. The van der Waals surface area contributed by atoms with Gasteiger partial charge in [0.2, 0.25) is 5.91 Å². The molecule has 0 atom stereocenters. The third-order valence-corrected chi connectivity index (χ3v) is 3.87. The molecule has 0 saturated carbocycles. The minimum Gasteiger partial charge on any atom is -0.466 e. The third-order valence-electron chi connectivity index (χ3n) is 3.87. The minimum atomic E-state index is -0.375. The van der Waals surface area contributed by atoms with E-state index in [9.17, 15) is 9.59 Å². The van der Waals surface area contributed by atoms with Gasteiger partial charge in [-0.3, -0.25) is 4.79 Å². The summed E-state index contributed by atoms with van der Waals surface area (Å²) in [6, 6.07) is 6.39. The first-order valence-electron chi connectivity index (χ1n) is 7.81. The first-order valence-corrected chi connectivity index (χ1v) is 7.81. The van der Waals surface area contributed by atoms with Gasteiger partial charge in [0.1, 0.15) is 0 Å². The maximum absolute atomic E-state index is 11.9. The smallest absolute Gasteiger partial charge is 0.330 e. The highest BCUT2D eigenvalue weighted by molar-refractivity contribution is 5.81. The Hall–Kier alpha value is -2.10. The Morgan fingerprint density at radius 1 is 1.23 bits per heavy atom. The van der Waals surface area contributed by atoms with Crippen molar-refractivity contribution in [3.05, 3.63) is 47.0 Å². The molecule has 0 fully saturated rings. The van der Waals surface area contributed by atoms with Gasteiger partial charge in [0.15, 0.2) is 0 Å². The van der Waals surface area contributed by atoms with Crippen molar-refractivity contribution in [2.24, 2.45) is 0 Å². The quantitative estimate of drug-likeness (QED) is 0.498. The van der Waals surface area contributed by atoms with E-state index in [1.165, 1.54) is 37.2 Å². The van der Waals surface area contributed by atoms with Crippen LogP contribution < -0.4 is 5.32 Å². The molecule has 0 unspecified atom stereocenters. The molecule has 1 aliphatic carbocycles. The number of benzene rings is 1. The van der Waals surface area contributed by atoms with Crippen LogP contribution >= 0.6 is 0 Å². The van der Waals surface area contributed by atoms with E-state index in [0.717, 1.165) is 18.4 Å². The van der Waals surface area contributed by atoms with Gasteiger partial charge in [-0.15, -0.1) is 0 Å². The van der Waals surface area contributed by atoms with E-state index >= 15 is 0 Å². The van der Waals surface area contributed by atoms with Gasteiger partial charge in [-0.2, -0.15) is 0 Å². The third kappa shape index (κ3) is 5.02. The second-order valence-electron chi connectivity index (χ2n) is 5.55. The van der Waals surface area contributed by atoms with Gasteiger partial charge in [0, 0.05) is 12.6 Å². The average Bonchev–Trinajstić information content (AvgIpc) is 2.54. The topological polar surface area (TPSA) is 55.4 Å². The number of hydrogen-bond donors (Lipinski definition) is 1. The van der Waals surface area contributed by atoms with Crippen molar-refractivity contribution >= 4 is 11.9 Å². The molecule has 0 saturated heterocycles. The lowest BCUT2D eigenvalue weighted by molar-refractivity contribution is -0.134. The molecule has 22 heavy (non-hydrogen) atoms. The SMILES string of the molecule is COC(=O)/C=C/CCNC(=O)Cc1ccc2c(c1)CCCC2. The first-order chi connectivity index (χ1) is 10.7. The van der Waals surface area contributed by atoms with Gasteiger partial charge in [0.05, 0.1) is 13.5 Å². The molecule has 2 rings (SSSR count). The van der Waals surface area contributed by atoms with Crippen LogP contribution in [-0.2, 0) is 33.6 Å². The molecule has 0 radical (unpaired) electrons. The lowest BCUT2D eigenvalue weighted by atomic mass is 9.90. The van der Waals surface area contributed by atoms with Gasteiger partial charge in [-0.1, -0.05) is 24.3 Å². The van der Waals surface area contributed by atoms with Crippen molar-refractivity contribution < 1.29 is 14.3 Å². The zero-order valence-electron chi connectivity index (χ0n) is 13.1. The van der Waals surface area contributed by atoms with Gasteiger partial charge < -0.3 is 10.1 Å².